The Morgan fingerprint density at radius 1 is 1.20 bits per heavy atom. The fourth-order valence-corrected chi connectivity index (χ4v) is 2.49. The second-order valence-corrected chi connectivity index (χ2v) is 5.08. The van der Waals surface area contributed by atoms with Crippen molar-refractivity contribution in [1.29, 1.82) is 0 Å². The number of rotatable bonds is 4. The lowest BCUT2D eigenvalue weighted by Gasteiger charge is -2.28. The van der Waals surface area contributed by atoms with E-state index < -0.39 is 0 Å². The highest BCUT2D eigenvalue weighted by Crippen LogP contribution is 2.34. The van der Waals surface area contributed by atoms with Gasteiger partial charge in [0, 0.05) is 0 Å². The number of ether oxygens (including phenoxy) is 1. The second-order valence-electron chi connectivity index (χ2n) is 5.08. The number of nitrogens with one attached hydrogen (secondary N) is 2. The van der Waals surface area contributed by atoms with Gasteiger partial charge >= 0.3 is 0 Å². The van der Waals surface area contributed by atoms with Crippen molar-refractivity contribution in [3.05, 3.63) is 59.7 Å². The number of likely N-dealkylation sites (N-methyl/N-ethyl adjacent to an activating group) is 1. The average Bonchev–Trinajstić information content (AvgIpc) is 2.53. The Morgan fingerprint density at radius 2 is 2.05 bits per heavy atom. The van der Waals surface area contributed by atoms with Crippen LogP contribution in [0.15, 0.2) is 48.5 Å². The van der Waals surface area contributed by atoms with Crippen molar-refractivity contribution < 1.29 is 4.74 Å². The highest BCUT2D eigenvalue weighted by molar-refractivity contribution is 5.60. The summed E-state index contributed by atoms with van der Waals surface area (Å²) in [6.45, 7) is 1.80. The molecule has 3 heteroatoms. The quantitative estimate of drug-likeness (QED) is 0.894. The van der Waals surface area contributed by atoms with Gasteiger partial charge in [-0.05, 0) is 43.3 Å². The lowest BCUT2D eigenvalue weighted by molar-refractivity contribution is 0.210. The molecule has 0 bridgehead atoms. The predicted octanol–water partition coefficient (Wildman–Crippen LogP) is 2.99. The van der Waals surface area contributed by atoms with Crippen LogP contribution in [0.2, 0.25) is 0 Å². The van der Waals surface area contributed by atoms with Gasteiger partial charge in [-0.15, -0.1) is 0 Å². The highest BCUT2D eigenvalue weighted by Gasteiger charge is 2.20. The van der Waals surface area contributed by atoms with Gasteiger partial charge in [-0.1, -0.05) is 36.4 Å². The van der Waals surface area contributed by atoms with Gasteiger partial charge in [0.15, 0.2) is 0 Å². The first kappa shape index (κ1) is 13.0. The molecule has 0 amide bonds. The number of benzene rings is 2. The molecular formula is C17H20N2O. The smallest absolute Gasteiger partial charge is 0.143 e. The van der Waals surface area contributed by atoms with Crippen molar-refractivity contribution in [2.24, 2.45) is 0 Å². The van der Waals surface area contributed by atoms with Crippen LogP contribution in [0, 0.1) is 0 Å². The topological polar surface area (TPSA) is 33.3 Å². The Balaban J connectivity index is 1.75. The first-order valence-electron chi connectivity index (χ1n) is 7.10. The SMILES string of the molecule is CNCCc1ccc2c(c1)NCC(c1ccccc1)O2. The van der Waals surface area contributed by atoms with Crippen LogP contribution < -0.4 is 15.4 Å². The molecule has 2 aromatic rings. The zero-order valence-corrected chi connectivity index (χ0v) is 11.7. The second kappa shape index (κ2) is 5.97. The Labute approximate surface area is 120 Å². The Bertz CT molecular complexity index is 568. The largest absolute Gasteiger partial charge is 0.482 e. The number of anilines is 1. The normalized spacial score (nSPS) is 16.9. The third-order valence-corrected chi connectivity index (χ3v) is 3.63. The highest BCUT2D eigenvalue weighted by atomic mass is 16.5. The Morgan fingerprint density at radius 3 is 2.85 bits per heavy atom. The lowest BCUT2D eigenvalue weighted by Crippen LogP contribution is -2.23. The van der Waals surface area contributed by atoms with E-state index in [1.807, 2.05) is 13.1 Å². The molecule has 0 fully saturated rings. The van der Waals surface area contributed by atoms with E-state index in [1.54, 1.807) is 0 Å². The van der Waals surface area contributed by atoms with Crippen LogP contribution in [0.25, 0.3) is 0 Å². The third-order valence-electron chi connectivity index (χ3n) is 3.63. The van der Waals surface area contributed by atoms with Gasteiger partial charge in [-0.2, -0.15) is 0 Å². The number of hydrogen-bond donors (Lipinski definition) is 2. The minimum atomic E-state index is 0.0897. The van der Waals surface area contributed by atoms with Gasteiger partial charge in [0.05, 0.1) is 12.2 Å². The lowest BCUT2D eigenvalue weighted by atomic mass is 10.1. The summed E-state index contributed by atoms with van der Waals surface area (Å²) in [6, 6.07) is 16.8. The molecule has 0 aliphatic carbocycles. The van der Waals surface area contributed by atoms with E-state index in [-0.39, 0.29) is 6.10 Å². The van der Waals surface area contributed by atoms with Crippen LogP contribution in [-0.2, 0) is 6.42 Å². The van der Waals surface area contributed by atoms with E-state index in [2.05, 4.69) is 53.1 Å². The Hall–Kier alpha value is -2.00. The maximum atomic E-state index is 6.10. The summed E-state index contributed by atoms with van der Waals surface area (Å²) < 4.78 is 6.10. The summed E-state index contributed by atoms with van der Waals surface area (Å²) in [5.74, 6) is 0.943. The fourth-order valence-electron chi connectivity index (χ4n) is 2.49. The van der Waals surface area contributed by atoms with Crippen molar-refractivity contribution >= 4 is 5.69 Å². The van der Waals surface area contributed by atoms with Crippen LogP contribution in [0.1, 0.15) is 17.2 Å². The minimum Gasteiger partial charge on any atom is -0.482 e. The molecule has 3 rings (SSSR count). The molecule has 0 saturated carbocycles. The Kier molecular flexibility index (Phi) is 3.88. The summed E-state index contributed by atoms with van der Waals surface area (Å²) in [7, 11) is 1.98. The van der Waals surface area contributed by atoms with Crippen molar-refractivity contribution in [3.8, 4) is 5.75 Å². The summed E-state index contributed by atoms with van der Waals surface area (Å²) in [5.41, 5.74) is 3.64. The summed E-state index contributed by atoms with van der Waals surface area (Å²) in [4.78, 5) is 0. The first-order valence-corrected chi connectivity index (χ1v) is 7.10. The van der Waals surface area contributed by atoms with Crippen LogP contribution in [-0.4, -0.2) is 20.1 Å². The maximum Gasteiger partial charge on any atom is 0.143 e. The maximum absolute atomic E-state index is 6.10. The van der Waals surface area contributed by atoms with Crippen LogP contribution >= 0.6 is 0 Å². The van der Waals surface area contributed by atoms with Gasteiger partial charge in [0.2, 0.25) is 0 Å². The van der Waals surface area contributed by atoms with Crippen LogP contribution in [0.4, 0.5) is 5.69 Å². The summed E-state index contributed by atoms with van der Waals surface area (Å²) in [5, 5.41) is 6.66. The number of fused-ring (bicyclic) bond motifs is 1. The summed E-state index contributed by atoms with van der Waals surface area (Å²) >= 11 is 0. The molecule has 0 aromatic heterocycles. The fraction of sp³-hybridized carbons (Fsp3) is 0.294. The van der Waals surface area contributed by atoms with Gasteiger partial charge in [-0.25, -0.2) is 0 Å². The van der Waals surface area contributed by atoms with Crippen LogP contribution in [0.5, 0.6) is 5.75 Å². The van der Waals surface area contributed by atoms with Crippen molar-refractivity contribution in [1.82, 2.24) is 5.32 Å². The van der Waals surface area contributed by atoms with Crippen molar-refractivity contribution in [2.75, 3.05) is 25.5 Å². The molecule has 0 radical (unpaired) electrons. The zero-order valence-electron chi connectivity index (χ0n) is 11.7. The number of hydrogen-bond acceptors (Lipinski definition) is 3. The summed E-state index contributed by atoms with van der Waals surface area (Å²) in [6.07, 6.45) is 1.12. The molecule has 1 aliphatic rings. The van der Waals surface area contributed by atoms with Crippen molar-refractivity contribution in [2.45, 2.75) is 12.5 Å². The van der Waals surface area contributed by atoms with Gasteiger partial charge < -0.3 is 15.4 Å². The molecule has 0 saturated heterocycles. The predicted molar refractivity (Wildman–Crippen MR) is 82.4 cm³/mol. The minimum absolute atomic E-state index is 0.0897. The first-order chi connectivity index (χ1) is 9.86. The molecule has 2 N–H and O–H groups in total. The van der Waals surface area contributed by atoms with E-state index in [9.17, 15) is 0 Å². The molecule has 3 nitrogen and oxygen atoms in total. The third kappa shape index (κ3) is 2.78. The average molecular weight is 268 g/mol. The van der Waals surface area contributed by atoms with Gasteiger partial charge in [0.1, 0.15) is 11.9 Å². The molecule has 1 atom stereocenters. The van der Waals surface area contributed by atoms with E-state index in [0.29, 0.717) is 0 Å². The molecule has 0 spiro atoms. The molecule has 1 unspecified atom stereocenters. The van der Waals surface area contributed by atoms with Gasteiger partial charge in [-0.3, -0.25) is 0 Å². The molecule has 20 heavy (non-hydrogen) atoms. The molecule has 1 heterocycles. The molecular weight excluding hydrogens is 248 g/mol. The van der Waals surface area contributed by atoms with Crippen molar-refractivity contribution in [3.63, 3.8) is 0 Å². The monoisotopic (exact) mass is 268 g/mol. The molecule has 1 aliphatic heterocycles. The van der Waals surface area contributed by atoms with E-state index >= 15 is 0 Å². The van der Waals surface area contributed by atoms with Crippen LogP contribution in [0.3, 0.4) is 0 Å². The molecule has 2 aromatic carbocycles. The zero-order chi connectivity index (χ0) is 13.8. The van der Waals surface area contributed by atoms with E-state index in [1.165, 1.54) is 11.1 Å². The molecule has 104 valence electrons. The standard InChI is InChI=1S/C17H20N2O/c1-18-10-9-13-7-8-16-15(11-13)19-12-17(20-16)14-5-3-2-4-6-14/h2-8,11,17-19H,9-10,12H2,1H3. The van der Waals surface area contributed by atoms with E-state index in [4.69, 9.17) is 4.74 Å². The van der Waals surface area contributed by atoms with Gasteiger partial charge in [0.25, 0.3) is 0 Å². The van der Waals surface area contributed by atoms with E-state index in [0.717, 1.165) is 30.9 Å².